The number of nitrogens with zero attached hydrogens (tertiary/aromatic N) is 4. The molecule has 1 aromatic heterocycles. The maximum absolute atomic E-state index is 4.48. The summed E-state index contributed by atoms with van der Waals surface area (Å²) in [5.74, 6) is 0. The monoisotopic (exact) mass is 488 g/mol. The van der Waals surface area contributed by atoms with Crippen LogP contribution in [0.4, 0.5) is 0 Å². The number of pyridine rings is 1. The molecule has 0 saturated carbocycles. The van der Waals surface area contributed by atoms with E-state index in [2.05, 4.69) is 60.6 Å². The van der Waals surface area contributed by atoms with Gasteiger partial charge < -0.3 is 10.6 Å². The maximum Gasteiger partial charge on any atom is 2.00 e. The zero-order chi connectivity index (χ0) is 22.1. The van der Waals surface area contributed by atoms with Gasteiger partial charge in [-0.05, 0) is 34.9 Å². The molecule has 30 heavy (non-hydrogen) atoms. The molecule has 0 N–H and O–H groups in total. The van der Waals surface area contributed by atoms with E-state index in [1.165, 1.54) is 0 Å². The molecule has 0 unspecified atom stereocenters. The van der Waals surface area contributed by atoms with Gasteiger partial charge in [0.25, 0.3) is 0 Å². The Morgan fingerprint density at radius 1 is 1.07 bits per heavy atom. The summed E-state index contributed by atoms with van der Waals surface area (Å²) in [5, 5.41) is 8.67. The molecule has 0 bridgehead atoms. The third kappa shape index (κ3) is 21.5. The molecule has 0 spiro atoms. The minimum atomic E-state index is 0. The second-order valence-corrected chi connectivity index (χ2v) is 13.6. The van der Waals surface area contributed by atoms with E-state index in [9.17, 15) is 0 Å². The Hall–Kier alpha value is -1.24. The van der Waals surface area contributed by atoms with Crippen LogP contribution in [-0.4, -0.2) is 50.7 Å². The van der Waals surface area contributed by atoms with Gasteiger partial charge in [-0.1, -0.05) is 43.8 Å². The molecule has 0 amide bonds. The SMILES string of the molecule is C/C(=C/C(C)=N/C=C1/C=CC=C[N-]1)[N-]Cc1ccccn1.C[PH+](C)C.C[PH+](C)C.[Fe+2]. The topological polar surface area (TPSA) is 53.5 Å². The molecule has 0 radical (unpaired) electrons. The van der Waals surface area contributed by atoms with Gasteiger partial charge >= 0.3 is 17.1 Å². The van der Waals surface area contributed by atoms with Crippen LogP contribution in [-0.2, 0) is 23.6 Å². The Morgan fingerprint density at radius 2 is 1.70 bits per heavy atom. The molecule has 0 aliphatic carbocycles. The summed E-state index contributed by atoms with van der Waals surface area (Å²) in [6.07, 6.45) is 13.0. The van der Waals surface area contributed by atoms with E-state index >= 15 is 0 Å². The summed E-state index contributed by atoms with van der Waals surface area (Å²) in [5.41, 5.74) is 3.62. The number of aliphatic imine (C=N–C) groups is 1. The smallest absolute Gasteiger partial charge is 0.683 e. The normalized spacial score (nSPS) is 14.3. The second kappa shape index (κ2) is 19.7. The van der Waals surface area contributed by atoms with Crippen molar-refractivity contribution in [3.05, 3.63) is 88.8 Å². The fourth-order valence-electron chi connectivity index (χ4n) is 1.70. The van der Waals surface area contributed by atoms with Crippen molar-refractivity contribution in [2.75, 3.05) is 40.0 Å². The Bertz CT molecular complexity index is 698. The van der Waals surface area contributed by atoms with Gasteiger partial charge in [0, 0.05) is 63.8 Å². The number of aromatic nitrogens is 1. The van der Waals surface area contributed by atoms with Crippen molar-refractivity contribution in [1.29, 1.82) is 0 Å². The van der Waals surface area contributed by atoms with Gasteiger partial charge in [0.15, 0.2) is 0 Å². The van der Waals surface area contributed by atoms with E-state index < -0.39 is 0 Å². The van der Waals surface area contributed by atoms with E-state index in [1.807, 2.05) is 56.4 Å². The Labute approximate surface area is 197 Å². The van der Waals surface area contributed by atoms with E-state index in [0.29, 0.717) is 6.54 Å². The molecule has 0 atom stereocenters. The molecule has 166 valence electrons. The molecule has 1 aromatic rings. The van der Waals surface area contributed by atoms with Crippen LogP contribution < -0.4 is 0 Å². The molecule has 7 heteroatoms. The zero-order valence-electron chi connectivity index (χ0n) is 19.6. The molecule has 1 aliphatic rings. The van der Waals surface area contributed by atoms with Gasteiger partial charge in [0.05, 0.1) is 0 Å². The predicted octanol–water partition coefficient (Wildman–Crippen LogP) is 6.80. The van der Waals surface area contributed by atoms with Crippen LogP contribution in [0.2, 0.25) is 0 Å². The summed E-state index contributed by atoms with van der Waals surface area (Å²) < 4.78 is 0. The van der Waals surface area contributed by atoms with E-state index in [4.69, 9.17) is 0 Å². The third-order valence-corrected chi connectivity index (χ3v) is 2.72. The standard InChI is InChI=1S/C17H18N4.2C3H9P.Fe/c1-14(20-12-16-7-3-5-9-18-16)11-15(2)21-13-17-8-4-6-10-19-17;2*1-4(2)3;/h3-12H,13H2,1-2H3;2*1-3H3;/q-2;;;+2/p+2/b15-11-,16-12-,20-14+;;;. The van der Waals surface area contributed by atoms with E-state index in [1.54, 1.807) is 18.6 Å². The summed E-state index contributed by atoms with van der Waals surface area (Å²) in [4.78, 5) is 8.61. The zero-order valence-corrected chi connectivity index (χ0v) is 22.7. The van der Waals surface area contributed by atoms with Gasteiger partial charge in [-0.3, -0.25) is 9.98 Å². The van der Waals surface area contributed by atoms with Crippen molar-refractivity contribution in [1.82, 2.24) is 4.98 Å². The fraction of sp³-hybridized carbons (Fsp3) is 0.391. The summed E-state index contributed by atoms with van der Waals surface area (Å²) >= 11 is 0. The van der Waals surface area contributed by atoms with Crippen molar-refractivity contribution >= 4 is 21.6 Å². The number of rotatable bonds is 5. The molecule has 0 aromatic carbocycles. The van der Waals surface area contributed by atoms with Crippen molar-refractivity contribution < 1.29 is 17.1 Å². The largest absolute Gasteiger partial charge is 2.00 e. The average molecular weight is 488 g/mol. The molecular weight excluding hydrogens is 450 g/mol. The quantitative estimate of drug-likeness (QED) is 0.256. The van der Waals surface area contributed by atoms with E-state index in [0.717, 1.165) is 22.8 Å². The van der Waals surface area contributed by atoms with Gasteiger partial charge in [-0.15, -0.1) is 5.70 Å². The molecule has 0 fully saturated rings. The van der Waals surface area contributed by atoms with Crippen molar-refractivity contribution in [2.45, 2.75) is 20.4 Å². The van der Waals surface area contributed by atoms with Gasteiger partial charge in [-0.2, -0.15) is 11.9 Å². The molecule has 2 rings (SSSR count). The summed E-state index contributed by atoms with van der Waals surface area (Å²) in [6, 6.07) is 5.83. The molecule has 0 saturated heterocycles. The molecule has 2 heterocycles. The first-order valence-electron chi connectivity index (χ1n) is 9.78. The minimum Gasteiger partial charge on any atom is -0.683 e. The summed E-state index contributed by atoms with van der Waals surface area (Å²) in [7, 11) is 0.241. The van der Waals surface area contributed by atoms with Gasteiger partial charge in [-0.25, -0.2) is 0 Å². The Morgan fingerprint density at radius 3 is 2.20 bits per heavy atom. The first-order chi connectivity index (χ1) is 13.7. The van der Waals surface area contributed by atoms with Crippen molar-refractivity contribution in [2.24, 2.45) is 4.99 Å². The van der Waals surface area contributed by atoms with Crippen LogP contribution >= 0.6 is 15.8 Å². The maximum atomic E-state index is 4.48. The molecular formula is C23H38FeN4P2+2. The Balaban J connectivity index is 0. The second-order valence-electron chi connectivity index (χ2n) is 7.58. The predicted molar refractivity (Wildman–Crippen MR) is 140 cm³/mol. The van der Waals surface area contributed by atoms with Gasteiger partial charge in [0.2, 0.25) is 0 Å². The van der Waals surface area contributed by atoms with Crippen LogP contribution in [0.25, 0.3) is 10.6 Å². The first kappa shape index (κ1) is 30.9. The average Bonchev–Trinajstić information content (AvgIpc) is 2.65. The third-order valence-electron chi connectivity index (χ3n) is 2.72. The van der Waals surface area contributed by atoms with Crippen LogP contribution in [0.5, 0.6) is 0 Å². The van der Waals surface area contributed by atoms with Crippen LogP contribution in [0.15, 0.2) is 77.5 Å². The summed E-state index contributed by atoms with van der Waals surface area (Å²) in [6.45, 7) is 18.1. The number of allylic oxidation sites excluding steroid dienone is 5. The first-order valence-corrected chi connectivity index (χ1v) is 15.8. The van der Waals surface area contributed by atoms with Gasteiger partial charge in [0.1, 0.15) is 0 Å². The minimum absolute atomic E-state index is 0. The van der Waals surface area contributed by atoms with Crippen molar-refractivity contribution in [3.63, 3.8) is 0 Å². The molecule has 1 aliphatic heterocycles. The molecule has 4 nitrogen and oxygen atoms in total. The number of hydrogen-bond donors (Lipinski definition) is 0. The van der Waals surface area contributed by atoms with Crippen LogP contribution in [0.1, 0.15) is 19.5 Å². The van der Waals surface area contributed by atoms with Crippen molar-refractivity contribution in [3.8, 4) is 0 Å². The fourth-order valence-corrected chi connectivity index (χ4v) is 1.70. The Kier molecular flexibility index (Phi) is 20.3. The van der Waals surface area contributed by atoms with E-state index in [-0.39, 0.29) is 32.9 Å². The number of hydrogen-bond acceptors (Lipinski definition) is 2. The van der Waals surface area contributed by atoms with Crippen LogP contribution in [0, 0.1) is 0 Å². The van der Waals surface area contributed by atoms with Crippen LogP contribution in [0.3, 0.4) is 0 Å².